The van der Waals surface area contributed by atoms with E-state index in [1.165, 1.54) is 5.56 Å². The number of hydrogen-bond donors (Lipinski definition) is 0. The van der Waals surface area contributed by atoms with E-state index in [1.54, 1.807) is 11.3 Å². The molecule has 0 radical (unpaired) electrons. The van der Waals surface area contributed by atoms with Crippen molar-refractivity contribution in [2.45, 2.75) is 39.2 Å². The van der Waals surface area contributed by atoms with E-state index in [1.807, 2.05) is 11.9 Å². The molecule has 1 aromatic rings. The Bertz CT molecular complexity index is 295. The first-order valence-corrected chi connectivity index (χ1v) is 6.36. The molecule has 84 valence electrons. The molecule has 3 heteroatoms. The highest BCUT2D eigenvalue weighted by molar-refractivity contribution is 7.07. The maximum Gasteiger partial charge on any atom is 0.222 e. The maximum absolute atomic E-state index is 11.8. The van der Waals surface area contributed by atoms with E-state index in [9.17, 15) is 4.79 Å². The summed E-state index contributed by atoms with van der Waals surface area (Å²) in [7, 11) is 1.89. The third-order valence-corrected chi connectivity index (χ3v) is 3.59. The third kappa shape index (κ3) is 3.67. The summed E-state index contributed by atoms with van der Waals surface area (Å²) in [5.41, 5.74) is 1.27. The molecule has 1 atom stereocenters. The van der Waals surface area contributed by atoms with Crippen molar-refractivity contribution in [3.8, 4) is 0 Å². The van der Waals surface area contributed by atoms with Gasteiger partial charge in [0, 0.05) is 19.5 Å². The van der Waals surface area contributed by atoms with Crippen molar-refractivity contribution < 1.29 is 4.79 Å². The number of amides is 1. The summed E-state index contributed by atoms with van der Waals surface area (Å²) >= 11 is 1.69. The fourth-order valence-electron chi connectivity index (χ4n) is 1.38. The highest BCUT2D eigenvalue weighted by Gasteiger charge is 2.13. The molecule has 1 aromatic heterocycles. The zero-order valence-electron chi connectivity index (χ0n) is 9.69. The number of hydrogen-bond acceptors (Lipinski definition) is 2. The minimum atomic E-state index is 0.246. The molecule has 1 amide bonds. The summed E-state index contributed by atoms with van der Waals surface area (Å²) in [6, 6.07) is 2.43. The summed E-state index contributed by atoms with van der Waals surface area (Å²) in [5.74, 6) is 0.246. The lowest BCUT2D eigenvalue weighted by atomic mass is 10.1. The Morgan fingerprint density at radius 1 is 1.60 bits per heavy atom. The number of thiophene rings is 1. The van der Waals surface area contributed by atoms with Gasteiger partial charge in [0.05, 0.1) is 0 Å². The Labute approximate surface area is 95.9 Å². The molecular formula is C12H19NOS. The van der Waals surface area contributed by atoms with Gasteiger partial charge in [0.1, 0.15) is 0 Å². The molecule has 0 fully saturated rings. The van der Waals surface area contributed by atoms with Crippen LogP contribution in [0.2, 0.25) is 0 Å². The minimum Gasteiger partial charge on any atom is -0.343 e. The second-order valence-electron chi connectivity index (χ2n) is 3.89. The fraction of sp³-hybridized carbons (Fsp3) is 0.583. The third-order valence-electron chi connectivity index (χ3n) is 2.85. The van der Waals surface area contributed by atoms with Gasteiger partial charge in [-0.1, -0.05) is 6.92 Å². The first kappa shape index (κ1) is 12.2. The van der Waals surface area contributed by atoms with Gasteiger partial charge in [-0.15, -0.1) is 0 Å². The number of aryl methyl sites for hydroxylation is 1. The van der Waals surface area contributed by atoms with Gasteiger partial charge in [-0.2, -0.15) is 11.3 Å². The molecule has 0 spiro atoms. The van der Waals surface area contributed by atoms with Gasteiger partial charge in [-0.3, -0.25) is 4.79 Å². The predicted octanol–water partition coefficient (Wildman–Crippen LogP) is 2.94. The lowest BCUT2D eigenvalue weighted by molar-refractivity contribution is -0.131. The molecular weight excluding hydrogens is 206 g/mol. The van der Waals surface area contributed by atoms with Crippen LogP contribution < -0.4 is 0 Å². The van der Waals surface area contributed by atoms with Gasteiger partial charge < -0.3 is 4.90 Å². The summed E-state index contributed by atoms with van der Waals surface area (Å²) in [5, 5.41) is 4.16. The van der Waals surface area contributed by atoms with Crippen LogP contribution in [0.3, 0.4) is 0 Å². The quantitative estimate of drug-likeness (QED) is 0.754. The Morgan fingerprint density at radius 2 is 2.33 bits per heavy atom. The summed E-state index contributed by atoms with van der Waals surface area (Å²) < 4.78 is 0. The zero-order chi connectivity index (χ0) is 11.3. The number of carbonyl (C=O) groups excluding carboxylic acids is 1. The van der Waals surface area contributed by atoms with Crippen molar-refractivity contribution in [3.05, 3.63) is 22.4 Å². The summed E-state index contributed by atoms with van der Waals surface area (Å²) in [6.45, 7) is 4.19. The zero-order valence-corrected chi connectivity index (χ0v) is 10.5. The monoisotopic (exact) mass is 225 g/mol. The molecule has 0 N–H and O–H groups in total. The lowest BCUT2D eigenvalue weighted by Crippen LogP contribution is -2.34. The van der Waals surface area contributed by atoms with E-state index in [0.717, 1.165) is 12.8 Å². The molecule has 0 bridgehead atoms. The Balaban J connectivity index is 2.36. The van der Waals surface area contributed by atoms with Crippen molar-refractivity contribution in [1.82, 2.24) is 4.90 Å². The number of nitrogens with zero attached hydrogens (tertiary/aromatic N) is 1. The summed E-state index contributed by atoms with van der Waals surface area (Å²) in [4.78, 5) is 13.6. The van der Waals surface area contributed by atoms with Crippen LogP contribution in [0.4, 0.5) is 0 Å². The molecule has 0 saturated heterocycles. The van der Waals surface area contributed by atoms with Crippen molar-refractivity contribution in [3.63, 3.8) is 0 Å². The highest BCUT2D eigenvalue weighted by Crippen LogP contribution is 2.10. The van der Waals surface area contributed by atoms with Crippen LogP contribution in [0, 0.1) is 0 Å². The van der Waals surface area contributed by atoms with Gasteiger partial charge in [0.2, 0.25) is 5.91 Å². The highest BCUT2D eigenvalue weighted by atomic mass is 32.1. The molecule has 0 aliphatic rings. The predicted molar refractivity (Wildman–Crippen MR) is 65.2 cm³/mol. The van der Waals surface area contributed by atoms with E-state index >= 15 is 0 Å². The van der Waals surface area contributed by atoms with E-state index in [0.29, 0.717) is 12.5 Å². The van der Waals surface area contributed by atoms with E-state index in [4.69, 9.17) is 0 Å². The molecule has 0 aliphatic carbocycles. The molecule has 0 aliphatic heterocycles. The molecule has 1 unspecified atom stereocenters. The first-order valence-electron chi connectivity index (χ1n) is 5.42. The molecule has 15 heavy (non-hydrogen) atoms. The Morgan fingerprint density at radius 3 is 2.87 bits per heavy atom. The van der Waals surface area contributed by atoms with Crippen molar-refractivity contribution >= 4 is 17.2 Å². The standard InChI is InChI=1S/C12H19NOS/c1-4-10(2)13(3)12(14)6-5-11-7-8-15-9-11/h7-10H,4-6H2,1-3H3. The average molecular weight is 225 g/mol. The van der Waals surface area contributed by atoms with Crippen LogP contribution >= 0.6 is 11.3 Å². The van der Waals surface area contributed by atoms with Gasteiger partial charge in [-0.25, -0.2) is 0 Å². The van der Waals surface area contributed by atoms with Gasteiger partial charge in [-0.05, 0) is 42.2 Å². The van der Waals surface area contributed by atoms with Crippen molar-refractivity contribution in [2.24, 2.45) is 0 Å². The molecule has 0 saturated carbocycles. The topological polar surface area (TPSA) is 20.3 Å². The largest absolute Gasteiger partial charge is 0.343 e. The van der Waals surface area contributed by atoms with Crippen LogP contribution in [-0.2, 0) is 11.2 Å². The molecule has 2 nitrogen and oxygen atoms in total. The van der Waals surface area contributed by atoms with Crippen molar-refractivity contribution in [2.75, 3.05) is 7.05 Å². The summed E-state index contributed by atoms with van der Waals surface area (Å²) in [6.07, 6.45) is 2.50. The van der Waals surface area contributed by atoms with Crippen LogP contribution in [0.5, 0.6) is 0 Å². The van der Waals surface area contributed by atoms with Gasteiger partial charge >= 0.3 is 0 Å². The SMILES string of the molecule is CCC(C)N(C)C(=O)CCc1ccsc1. The first-order chi connectivity index (χ1) is 7.15. The molecule has 0 aromatic carbocycles. The second kappa shape index (κ2) is 5.91. The van der Waals surface area contributed by atoms with Crippen LogP contribution in [0.1, 0.15) is 32.3 Å². The van der Waals surface area contributed by atoms with Gasteiger partial charge in [0.15, 0.2) is 0 Å². The molecule has 1 rings (SSSR count). The fourth-order valence-corrected chi connectivity index (χ4v) is 2.09. The van der Waals surface area contributed by atoms with Crippen molar-refractivity contribution in [1.29, 1.82) is 0 Å². The van der Waals surface area contributed by atoms with E-state index < -0.39 is 0 Å². The maximum atomic E-state index is 11.8. The second-order valence-corrected chi connectivity index (χ2v) is 4.67. The smallest absolute Gasteiger partial charge is 0.222 e. The molecule has 1 heterocycles. The number of rotatable bonds is 5. The lowest BCUT2D eigenvalue weighted by Gasteiger charge is -2.23. The Kier molecular flexibility index (Phi) is 4.82. The average Bonchev–Trinajstić information content (AvgIpc) is 2.76. The minimum absolute atomic E-state index is 0.246. The van der Waals surface area contributed by atoms with Crippen LogP contribution in [-0.4, -0.2) is 23.9 Å². The Hall–Kier alpha value is -0.830. The van der Waals surface area contributed by atoms with Crippen LogP contribution in [0.25, 0.3) is 0 Å². The number of carbonyl (C=O) groups is 1. The van der Waals surface area contributed by atoms with E-state index in [2.05, 4.69) is 30.7 Å². The normalized spacial score (nSPS) is 12.5. The van der Waals surface area contributed by atoms with E-state index in [-0.39, 0.29) is 5.91 Å². The van der Waals surface area contributed by atoms with Gasteiger partial charge in [0.25, 0.3) is 0 Å². The van der Waals surface area contributed by atoms with Crippen LogP contribution in [0.15, 0.2) is 16.8 Å².